The third-order valence-corrected chi connectivity index (χ3v) is 4.66. The zero-order valence-corrected chi connectivity index (χ0v) is 14.3. The van der Waals surface area contributed by atoms with E-state index in [4.69, 9.17) is 4.42 Å². The Bertz CT molecular complexity index is 703. The number of hydrogen-bond acceptors (Lipinski definition) is 4. The second-order valence-corrected chi connectivity index (χ2v) is 6.86. The van der Waals surface area contributed by atoms with Crippen molar-refractivity contribution in [3.63, 3.8) is 0 Å². The summed E-state index contributed by atoms with van der Waals surface area (Å²) >= 11 is 0. The van der Waals surface area contributed by atoms with Crippen LogP contribution in [0.15, 0.2) is 34.9 Å². The molecular formula is C19H24N2O3. The van der Waals surface area contributed by atoms with E-state index in [1.807, 2.05) is 45.0 Å². The van der Waals surface area contributed by atoms with Crippen molar-refractivity contribution in [3.8, 4) is 0 Å². The maximum atomic E-state index is 12.7. The lowest BCUT2D eigenvalue weighted by molar-refractivity contribution is 0.0228. The smallest absolute Gasteiger partial charge is 0.255 e. The summed E-state index contributed by atoms with van der Waals surface area (Å²) in [5.74, 6) is 1.73. The van der Waals surface area contributed by atoms with Gasteiger partial charge in [-0.3, -0.25) is 9.78 Å². The summed E-state index contributed by atoms with van der Waals surface area (Å²) in [5.41, 5.74) is 1.40. The lowest BCUT2D eigenvalue weighted by atomic mass is 9.76. The number of pyridine rings is 1. The van der Waals surface area contributed by atoms with Crippen LogP contribution < -0.4 is 5.32 Å². The SMILES string of the molecule is Cc1oc(C(C)C)cc1C(=O)NC(c1ccccn1)C1CC(O)C1. The van der Waals surface area contributed by atoms with Crippen molar-refractivity contribution >= 4 is 5.91 Å². The summed E-state index contributed by atoms with van der Waals surface area (Å²) in [6.07, 6.45) is 2.82. The predicted molar refractivity (Wildman–Crippen MR) is 90.7 cm³/mol. The molecule has 128 valence electrons. The molecule has 5 nitrogen and oxygen atoms in total. The molecule has 3 rings (SSSR count). The molecule has 1 fully saturated rings. The van der Waals surface area contributed by atoms with Gasteiger partial charge in [-0.2, -0.15) is 0 Å². The number of hydrogen-bond donors (Lipinski definition) is 2. The minimum atomic E-state index is -0.277. The van der Waals surface area contributed by atoms with Crippen molar-refractivity contribution in [1.29, 1.82) is 0 Å². The zero-order chi connectivity index (χ0) is 17.3. The van der Waals surface area contributed by atoms with Crippen molar-refractivity contribution in [1.82, 2.24) is 10.3 Å². The quantitative estimate of drug-likeness (QED) is 0.882. The third-order valence-electron chi connectivity index (χ3n) is 4.66. The first-order chi connectivity index (χ1) is 11.5. The highest BCUT2D eigenvalue weighted by molar-refractivity contribution is 5.95. The first-order valence-electron chi connectivity index (χ1n) is 8.46. The number of carbonyl (C=O) groups is 1. The number of nitrogens with zero attached hydrogens (tertiary/aromatic N) is 1. The summed E-state index contributed by atoms with van der Waals surface area (Å²) in [7, 11) is 0. The van der Waals surface area contributed by atoms with E-state index < -0.39 is 0 Å². The highest BCUT2D eigenvalue weighted by Crippen LogP contribution is 2.37. The Morgan fingerprint density at radius 1 is 1.38 bits per heavy atom. The van der Waals surface area contributed by atoms with Gasteiger partial charge in [-0.1, -0.05) is 19.9 Å². The number of nitrogens with one attached hydrogen (secondary N) is 1. The molecule has 0 aliphatic heterocycles. The minimum Gasteiger partial charge on any atom is -0.465 e. The molecule has 0 bridgehead atoms. The monoisotopic (exact) mass is 328 g/mol. The molecule has 0 aromatic carbocycles. The molecule has 1 atom stereocenters. The molecule has 2 N–H and O–H groups in total. The average molecular weight is 328 g/mol. The van der Waals surface area contributed by atoms with Crippen molar-refractivity contribution in [3.05, 3.63) is 53.2 Å². The van der Waals surface area contributed by atoms with E-state index in [0.717, 1.165) is 11.5 Å². The first-order valence-corrected chi connectivity index (χ1v) is 8.46. The summed E-state index contributed by atoms with van der Waals surface area (Å²) in [5, 5.41) is 12.7. The Hall–Kier alpha value is -2.14. The van der Waals surface area contributed by atoms with Crippen LogP contribution in [0.1, 0.15) is 66.2 Å². The maximum Gasteiger partial charge on any atom is 0.255 e. The number of aliphatic hydroxyl groups excluding tert-OH is 1. The minimum absolute atomic E-state index is 0.153. The Kier molecular flexibility index (Phi) is 4.71. The van der Waals surface area contributed by atoms with Gasteiger partial charge < -0.3 is 14.8 Å². The summed E-state index contributed by atoms with van der Waals surface area (Å²) < 4.78 is 5.69. The molecule has 0 radical (unpaired) electrons. The van der Waals surface area contributed by atoms with Gasteiger partial charge in [-0.15, -0.1) is 0 Å². The fourth-order valence-electron chi connectivity index (χ4n) is 3.13. The summed E-state index contributed by atoms with van der Waals surface area (Å²) in [6.45, 7) is 5.88. The number of aryl methyl sites for hydroxylation is 1. The van der Waals surface area contributed by atoms with Gasteiger partial charge in [0, 0.05) is 12.1 Å². The molecule has 2 aromatic rings. The first kappa shape index (κ1) is 16.7. The zero-order valence-electron chi connectivity index (χ0n) is 14.3. The van der Waals surface area contributed by atoms with E-state index in [1.165, 1.54) is 0 Å². The van der Waals surface area contributed by atoms with Crippen molar-refractivity contribution < 1.29 is 14.3 Å². The topological polar surface area (TPSA) is 75.4 Å². The van der Waals surface area contributed by atoms with E-state index in [0.29, 0.717) is 24.2 Å². The van der Waals surface area contributed by atoms with Crippen LogP contribution in [0.4, 0.5) is 0 Å². The number of rotatable bonds is 5. The third kappa shape index (κ3) is 3.36. The molecule has 1 aliphatic carbocycles. The van der Waals surface area contributed by atoms with Crippen LogP contribution in [0.3, 0.4) is 0 Å². The maximum absolute atomic E-state index is 12.7. The Labute approximate surface area is 142 Å². The highest BCUT2D eigenvalue weighted by atomic mass is 16.3. The molecule has 24 heavy (non-hydrogen) atoms. The van der Waals surface area contributed by atoms with Gasteiger partial charge >= 0.3 is 0 Å². The summed E-state index contributed by atoms with van der Waals surface area (Å²) in [4.78, 5) is 17.1. The van der Waals surface area contributed by atoms with E-state index in [-0.39, 0.29) is 29.9 Å². The lowest BCUT2D eigenvalue weighted by Gasteiger charge is -2.37. The number of furan rings is 1. The van der Waals surface area contributed by atoms with Crippen LogP contribution >= 0.6 is 0 Å². The summed E-state index contributed by atoms with van der Waals surface area (Å²) in [6, 6.07) is 7.31. The normalized spacial score (nSPS) is 21.4. The lowest BCUT2D eigenvalue weighted by Crippen LogP contribution is -2.41. The van der Waals surface area contributed by atoms with Crippen LogP contribution in [-0.2, 0) is 0 Å². The second-order valence-electron chi connectivity index (χ2n) is 6.86. The van der Waals surface area contributed by atoms with Gasteiger partial charge in [0.05, 0.1) is 23.4 Å². The predicted octanol–water partition coefficient (Wildman–Crippen LogP) is 3.35. The van der Waals surface area contributed by atoms with Gasteiger partial charge in [0.25, 0.3) is 5.91 Å². The molecule has 1 unspecified atom stereocenters. The molecule has 2 heterocycles. The van der Waals surface area contributed by atoms with Crippen LogP contribution in [-0.4, -0.2) is 22.1 Å². The number of amides is 1. The van der Waals surface area contributed by atoms with Crippen molar-refractivity contribution in [2.24, 2.45) is 5.92 Å². The number of aromatic nitrogens is 1. The number of carbonyl (C=O) groups excluding carboxylic acids is 1. The van der Waals surface area contributed by atoms with Crippen molar-refractivity contribution in [2.45, 2.75) is 51.7 Å². The molecule has 0 saturated heterocycles. The van der Waals surface area contributed by atoms with Crippen LogP contribution in [0.25, 0.3) is 0 Å². The van der Waals surface area contributed by atoms with E-state index in [1.54, 1.807) is 6.20 Å². The van der Waals surface area contributed by atoms with Gasteiger partial charge in [-0.25, -0.2) is 0 Å². The van der Waals surface area contributed by atoms with Gasteiger partial charge in [0.2, 0.25) is 0 Å². The molecule has 1 saturated carbocycles. The van der Waals surface area contributed by atoms with Crippen LogP contribution in [0.5, 0.6) is 0 Å². The fraction of sp³-hybridized carbons (Fsp3) is 0.474. The van der Waals surface area contributed by atoms with Crippen molar-refractivity contribution in [2.75, 3.05) is 0 Å². The highest BCUT2D eigenvalue weighted by Gasteiger charge is 2.36. The average Bonchev–Trinajstić information content (AvgIpc) is 2.93. The van der Waals surface area contributed by atoms with E-state index in [9.17, 15) is 9.90 Å². The molecule has 1 aliphatic rings. The van der Waals surface area contributed by atoms with E-state index in [2.05, 4.69) is 10.3 Å². The Morgan fingerprint density at radius 2 is 2.12 bits per heavy atom. The standard InChI is InChI=1S/C19H24N2O3/c1-11(2)17-10-15(12(3)24-17)19(23)21-18(13-8-14(22)9-13)16-6-4-5-7-20-16/h4-7,10-11,13-14,18,22H,8-9H2,1-3H3,(H,21,23). The number of aliphatic hydroxyl groups is 1. The molecular weight excluding hydrogens is 304 g/mol. The largest absolute Gasteiger partial charge is 0.465 e. The van der Waals surface area contributed by atoms with Crippen LogP contribution in [0, 0.1) is 12.8 Å². The van der Waals surface area contributed by atoms with Gasteiger partial charge in [0.1, 0.15) is 11.5 Å². The Balaban J connectivity index is 1.81. The Morgan fingerprint density at radius 3 is 2.67 bits per heavy atom. The van der Waals surface area contributed by atoms with E-state index >= 15 is 0 Å². The second kappa shape index (κ2) is 6.77. The van der Waals surface area contributed by atoms with Crippen LogP contribution in [0.2, 0.25) is 0 Å². The van der Waals surface area contributed by atoms with Gasteiger partial charge in [0.15, 0.2) is 0 Å². The molecule has 1 amide bonds. The molecule has 2 aromatic heterocycles. The van der Waals surface area contributed by atoms with Gasteiger partial charge in [-0.05, 0) is 43.9 Å². The molecule has 5 heteroatoms. The fourth-order valence-corrected chi connectivity index (χ4v) is 3.13. The molecule has 0 spiro atoms.